The fraction of sp³-hybridized carbons (Fsp3) is 0.136. The summed E-state index contributed by atoms with van der Waals surface area (Å²) in [6, 6.07) is 20.4. The number of hydrogen-bond acceptors (Lipinski definition) is 4. The van der Waals surface area contributed by atoms with Crippen LogP contribution in [0.3, 0.4) is 0 Å². The molecule has 0 aliphatic rings. The highest BCUT2D eigenvalue weighted by molar-refractivity contribution is 7.92. The number of amides is 1. The second kappa shape index (κ2) is 8.36. The zero-order chi connectivity index (χ0) is 21.0. The minimum atomic E-state index is -3.81. The molecule has 0 aliphatic carbocycles. The number of carbonyl (C=O) groups excluding carboxylic acids is 1. The van der Waals surface area contributed by atoms with Crippen LogP contribution in [0.25, 0.3) is 0 Å². The summed E-state index contributed by atoms with van der Waals surface area (Å²) < 4.78 is 27.9. The standard InChI is InChI=1S/C22H23N3O3S/c1-16-7-9-19(10-8-16)24-29(27,28)21-6-4-5-17(15-21)22(26)23-18-11-13-20(14-12-18)25(2)3/h4-15,24H,1-3H3,(H,23,26). The molecule has 3 rings (SSSR count). The lowest BCUT2D eigenvalue weighted by atomic mass is 10.2. The van der Waals surface area contributed by atoms with Crippen molar-refractivity contribution < 1.29 is 13.2 Å². The average Bonchev–Trinajstić information content (AvgIpc) is 2.70. The van der Waals surface area contributed by atoms with Gasteiger partial charge in [-0.3, -0.25) is 9.52 Å². The maximum absolute atomic E-state index is 12.7. The Bertz CT molecular complexity index is 1110. The van der Waals surface area contributed by atoms with Gasteiger partial charge in [-0.1, -0.05) is 23.8 Å². The summed E-state index contributed by atoms with van der Waals surface area (Å²) in [5, 5.41) is 2.79. The molecule has 0 saturated heterocycles. The fourth-order valence-electron chi connectivity index (χ4n) is 2.69. The van der Waals surface area contributed by atoms with Crippen LogP contribution in [0, 0.1) is 6.92 Å². The number of benzene rings is 3. The summed E-state index contributed by atoms with van der Waals surface area (Å²) in [6.45, 7) is 1.93. The number of nitrogens with one attached hydrogen (secondary N) is 2. The van der Waals surface area contributed by atoms with Crippen molar-refractivity contribution in [3.63, 3.8) is 0 Å². The van der Waals surface area contributed by atoms with Gasteiger partial charge in [0.25, 0.3) is 15.9 Å². The number of anilines is 3. The molecule has 3 aromatic rings. The van der Waals surface area contributed by atoms with Crippen molar-refractivity contribution in [2.75, 3.05) is 29.0 Å². The van der Waals surface area contributed by atoms with Crippen LogP contribution in [-0.2, 0) is 10.0 Å². The van der Waals surface area contributed by atoms with Crippen molar-refractivity contribution in [2.45, 2.75) is 11.8 Å². The second-order valence-electron chi connectivity index (χ2n) is 6.89. The van der Waals surface area contributed by atoms with Gasteiger partial charge in [-0.25, -0.2) is 8.42 Å². The minimum absolute atomic E-state index is 0.0219. The molecule has 0 atom stereocenters. The highest BCUT2D eigenvalue weighted by atomic mass is 32.2. The van der Waals surface area contributed by atoms with E-state index in [1.54, 1.807) is 36.4 Å². The molecule has 0 unspecified atom stereocenters. The minimum Gasteiger partial charge on any atom is -0.378 e. The van der Waals surface area contributed by atoms with Gasteiger partial charge < -0.3 is 10.2 Å². The largest absolute Gasteiger partial charge is 0.378 e. The van der Waals surface area contributed by atoms with E-state index in [0.29, 0.717) is 11.4 Å². The first-order chi connectivity index (χ1) is 13.7. The maximum atomic E-state index is 12.7. The van der Waals surface area contributed by atoms with E-state index in [1.165, 1.54) is 12.1 Å². The molecule has 6 nitrogen and oxygen atoms in total. The van der Waals surface area contributed by atoms with E-state index in [-0.39, 0.29) is 16.4 Å². The number of nitrogens with zero attached hydrogens (tertiary/aromatic N) is 1. The van der Waals surface area contributed by atoms with E-state index >= 15 is 0 Å². The predicted molar refractivity (Wildman–Crippen MR) is 117 cm³/mol. The summed E-state index contributed by atoms with van der Waals surface area (Å²) in [5.41, 5.74) is 3.40. The Morgan fingerprint density at radius 3 is 2.10 bits per heavy atom. The lowest BCUT2D eigenvalue weighted by Gasteiger charge is -2.13. The molecule has 29 heavy (non-hydrogen) atoms. The Morgan fingerprint density at radius 1 is 0.862 bits per heavy atom. The van der Waals surface area contributed by atoms with Crippen molar-refractivity contribution in [1.29, 1.82) is 0 Å². The molecule has 0 aliphatic heterocycles. The Balaban J connectivity index is 1.77. The van der Waals surface area contributed by atoms with E-state index in [4.69, 9.17) is 0 Å². The molecule has 0 spiro atoms. The molecular weight excluding hydrogens is 386 g/mol. The first-order valence-corrected chi connectivity index (χ1v) is 10.5. The molecular formula is C22H23N3O3S. The normalized spacial score (nSPS) is 11.0. The van der Waals surface area contributed by atoms with Gasteiger partial charge in [0.15, 0.2) is 0 Å². The average molecular weight is 410 g/mol. The van der Waals surface area contributed by atoms with Gasteiger partial charge in [-0.15, -0.1) is 0 Å². The number of carbonyl (C=O) groups is 1. The van der Waals surface area contributed by atoms with E-state index in [1.807, 2.05) is 50.2 Å². The molecule has 0 aromatic heterocycles. The van der Waals surface area contributed by atoms with E-state index in [2.05, 4.69) is 10.0 Å². The van der Waals surface area contributed by atoms with Crippen LogP contribution < -0.4 is 14.9 Å². The summed E-state index contributed by atoms with van der Waals surface area (Å²) in [6.07, 6.45) is 0. The lowest BCUT2D eigenvalue weighted by Crippen LogP contribution is -2.16. The van der Waals surface area contributed by atoms with Gasteiger partial charge in [0.1, 0.15) is 0 Å². The Labute approximate surface area is 171 Å². The van der Waals surface area contributed by atoms with Gasteiger partial charge in [0.05, 0.1) is 4.90 Å². The third kappa shape index (κ3) is 5.14. The third-order valence-electron chi connectivity index (χ3n) is 4.35. The summed E-state index contributed by atoms with van der Waals surface area (Å²) >= 11 is 0. The van der Waals surface area contributed by atoms with E-state index in [9.17, 15) is 13.2 Å². The van der Waals surface area contributed by atoms with E-state index < -0.39 is 10.0 Å². The Hall–Kier alpha value is -3.32. The zero-order valence-corrected chi connectivity index (χ0v) is 17.3. The van der Waals surface area contributed by atoms with Crippen LogP contribution in [0.1, 0.15) is 15.9 Å². The number of rotatable bonds is 6. The van der Waals surface area contributed by atoms with Gasteiger partial charge in [0.2, 0.25) is 0 Å². The van der Waals surface area contributed by atoms with Crippen molar-refractivity contribution in [3.8, 4) is 0 Å². The summed E-state index contributed by atoms with van der Waals surface area (Å²) in [5.74, 6) is -0.380. The van der Waals surface area contributed by atoms with Gasteiger partial charge in [-0.05, 0) is 61.5 Å². The lowest BCUT2D eigenvalue weighted by molar-refractivity contribution is 0.102. The van der Waals surface area contributed by atoms with Crippen LogP contribution in [0.5, 0.6) is 0 Å². The fourth-order valence-corrected chi connectivity index (χ4v) is 3.79. The van der Waals surface area contributed by atoms with Gasteiger partial charge in [0, 0.05) is 36.7 Å². The predicted octanol–water partition coefficient (Wildman–Crippen LogP) is 4.11. The molecule has 0 bridgehead atoms. The first-order valence-electron chi connectivity index (χ1n) is 9.03. The van der Waals surface area contributed by atoms with Crippen molar-refractivity contribution >= 4 is 33.0 Å². The van der Waals surface area contributed by atoms with Crippen molar-refractivity contribution in [1.82, 2.24) is 0 Å². The highest BCUT2D eigenvalue weighted by Gasteiger charge is 2.16. The quantitative estimate of drug-likeness (QED) is 0.642. The Kier molecular flexibility index (Phi) is 5.89. The number of sulfonamides is 1. The smallest absolute Gasteiger partial charge is 0.261 e. The van der Waals surface area contributed by atoms with Crippen molar-refractivity contribution in [2.24, 2.45) is 0 Å². The first kappa shape index (κ1) is 20.4. The topological polar surface area (TPSA) is 78.5 Å². The molecule has 2 N–H and O–H groups in total. The maximum Gasteiger partial charge on any atom is 0.261 e. The number of aryl methyl sites for hydroxylation is 1. The van der Waals surface area contributed by atoms with Crippen LogP contribution in [0.15, 0.2) is 77.7 Å². The van der Waals surface area contributed by atoms with Crippen LogP contribution >= 0.6 is 0 Å². The highest BCUT2D eigenvalue weighted by Crippen LogP contribution is 2.20. The molecule has 3 aromatic carbocycles. The molecule has 0 radical (unpaired) electrons. The van der Waals surface area contributed by atoms with Crippen LogP contribution in [-0.4, -0.2) is 28.4 Å². The van der Waals surface area contributed by atoms with Gasteiger partial charge >= 0.3 is 0 Å². The third-order valence-corrected chi connectivity index (χ3v) is 5.73. The molecule has 7 heteroatoms. The monoisotopic (exact) mass is 409 g/mol. The van der Waals surface area contributed by atoms with Crippen LogP contribution in [0.4, 0.5) is 17.1 Å². The second-order valence-corrected chi connectivity index (χ2v) is 8.58. The van der Waals surface area contributed by atoms with Crippen LogP contribution in [0.2, 0.25) is 0 Å². The SMILES string of the molecule is Cc1ccc(NS(=O)(=O)c2cccc(C(=O)Nc3ccc(N(C)C)cc3)c2)cc1. The molecule has 150 valence electrons. The van der Waals surface area contributed by atoms with E-state index in [0.717, 1.165) is 11.3 Å². The summed E-state index contributed by atoms with van der Waals surface area (Å²) in [7, 11) is 0.0637. The molecule has 0 heterocycles. The molecule has 0 fully saturated rings. The zero-order valence-electron chi connectivity index (χ0n) is 16.5. The Morgan fingerprint density at radius 2 is 1.48 bits per heavy atom. The molecule has 0 saturated carbocycles. The van der Waals surface area contributed by atoms with Gasteiger partial charge in [-0.2, -0.15) is 0 Å². The molecule has 1 amide bonds. The summed E-state index contributed by atoms with van der Waals surface area (Å²) in [4.78, 5) is 14.6. The number of hydrogen-bond donors (Lipinski definition) is 2. The van der Waals surface area contributed by atoms with Crippen molar-refractivity contribution in [3.05, 3.63) is 83.9 Å².